The molecule has 0 spiro atoms. The van der Waals surface area contributed by atoms with Crippen LogP contribution < -0.4 is 5.73 Å². The van der Waals surface area contributed by atoms with E-state index in [4.69, 9.17) is 5.73 Å². The third-order valence-corrected chi connectivity index (χ3v) is 1.87. The molecule has 0 aliphatic heterocycles. The third-order valence-electron chi connectivity index (χ3n) is 1.87. The molecule has 2 N–H and O–H groups in total. The first-order chi connectivity index (χ1) is 5.31. The Morgan fingerprint density at radius 1 is 1.18 bits per heavy atom. The maximum absolute atomic E-state index is 5.39. The van der Waals surface area contributed by atoms with Gasteiger partial charge in [-0.15, -0.1) is 0 Å². The molecule has 0 aliphatic rings. The van der Waals surface area contributed by atoms with Gasteiger partial charge in [-0.3, -0.25) is 0 Å². The van der Waals surface area contributed by atoms with E-state index >= 15 is 0 Å². The highest BCUT2D eigenvalue weighted by Crippen LogP contribution is 2.11. The molecule has 0 aliphatic carbocycles. The zero-order chi connectivity index (χ0) is 8.53. The van der Waals surface area contributed by atoms with Crippen molar-refractivity contribution in [1.82, 2.24) is 0 Å². The van der Waals surface area contributed by atoms with Crippen LogP contribution >= 0.6 is 0 Å². The maximum atomic E-state index is 5.39. The standard InChI is InChI=1S/C10H21N/c1-3-4-7-10(2)8-5-6-9-11/h2-9,11H2,1H3. The fourth-order valence-electron chi connectivity index (χ4n) is 1.07. The lowest BCUT2D eigenvalue weighted by atomic mass is 10.0. The van der Waals surface area contributed by atoms with E-state index in [1.165, 1.54) is 37.7 Å². The van der Waals surface area contributed by atoms with Crippen molar-refractivity contribution in [3.8, 4) is 0 Å². The molecule has 0 aromatic carbocycles. The van der Waals surface area contributed by atoms with Crippen LogP contribution in [0.1, 0.15) is 45.4 Å². The molecule has 0 fully saturated rings. The van der Waals surface area contributed by atoms with Crippen molar-refractivity contribution < 1.29 is 0 Å². The van der Waals surface area contributed by atoms with E-state index in [0.29, 0.717) is 0 Å². The Bertz CT molecular complexity index is 97.0. The van der Waals surface area contributed by atoms with Gasteiger partial charge >= 0.3 is 0 Å². The fraction of sp³-hybridized carbons (Fsp3) is 0.800. The first-order valence-electron chi connectivity index (χ1n) is 4.68. The Labute approximate surface area is 70.7 Å². The summed E-state index contributed by atoms with van der Waals surface area (Å²) < 4.78 is 0. The second-order valence-electron chi connectivity index (χ2n) is 3.10. The van der Waals surface area contributed by atoms with Gasteiger partial charge in [-0.1, -0.05) is 25.5 Å². The van der Waals surface area contributed by atoms with Crippen molar-refractivity contribution in [2.24, 2.45) is 5.73 Å². The summed E-state index contributed by atoms with van der Waals surface area (Å²) in [5.74, 6) is 0. The zero-order valence-electron chi connectivity index (χ0n) is 7.73. The largest absolute Gasteiger partial charge is 0.330 e. The minimum atomic E-state index is 0.820. The highest BCUT2D eigenvalue weighted by Gasteiger charge is 1.93. The molecule has 0 bridgehead atoms. The number of nitrogens with two attached hydrogens (primary N) is 1. The molecule has 1 nitrogen and oxygen atoms in total. The SMILES string of the molecule is C=C(CCCC)CCCCN. The number of unbranched alkanes of at least 4 members (excludes halogenated alkanes) is 2. The number of hydrogen-bond donors (Lipinski definition) is 1. The van der Waals surface area contributed by atoms with Gasteiger partial charge in [0.15, 0.2) is 0 Å². The van der Waals surface area contributed by atoms with E-state index in [2.05, 4.69) is 13.5 Å². The minimum absolute atomic E-state index is 0.820. The highest BCUT2D eigenvalue weighted by molar-refractivity contribution is 4.93. The summed E-state index contributed by atoms with van der Waals surface area (Å²) in [5.41, 5.74) is 6.79. The molecule has 66 valence electrons. The predicted molar refractivity (Wildman–Crippen MR) is 51.6 cm³/mol. The second-order valence-corrected chi connectivity index (χ2v) is 3.10. The Morgan fingerprint density at radius 3 is 2.36 bits per heavy atom. The van der Waals surface area contributed by atoms with E-state index in [0.717, 1.165) is 13.0 Å². The normalized spacial score (nSPS) is 10.0. The monoisotopic (exact) mass is 155 g/mol. The summed E-state index contributed by atoms with van der Waals surface area (Å²) in [6.07, 6.45) is 7.32. The van der Waals surface area contributed by atoms with Crippen LogP contribution in [0, 0.1) is 0 Å². The molecule has 1 heteroatoms. The highest BCUT2D eigenvalue weighted by atomic mass is 14.5. The molecule has 11 heavy (non-hydrogen) atoms. The van der Waals surface area contributed by atoms with Crippen molar-refractivity contribution in [2.75, 3.05) is 6.54 Å². The van der Waals surface area contributed by atoms with E-state index in [1.54, 1.807) is 0 Å². The lowest BCUT2D eigenvalue weighted by molar-refractivity contribution is 0.695. The summed E-state index contributed by atoms with van der Waals surface area (Å²) in [7, 11) is 0. The van der Waals surface area contributed by atoms with Gasteiger partial charge in [-0.25, -0.2) is 0 Å². The fourth-order valence-corrected chi connectivity index (χ4v) is 1.07. The van der Waals surface area contributed by atoms with E-state index in [9.17, 15) is 0 Å². The molecule has 0 rings (SSSR count). The summed E-state index contributed by atoms with van der Waals surface area (Å²) in [5, 5.41) is 0. The van der Waals surface area contributed by atoms with Crippen molar-refractivity contribution in [2.45, 2.75) is 45.4 Å². The van der Waals surface area contributed by atoms with Crippen LogP contribution in [0.3, 0.4) is 0 Å². The van der Waals surface area contributed by atoms with Gasteiger partial charge in [0, 0.05) is 0 Å². The van der Waals surface area contributed by atoms with E-state index in [-0.39, 0.29) is 0 Å². The molecule has 0 radical (unpaired) electrons. The first-order valence-corrected chi connectivity index (χ1v) is 4.68. The third kappa shape index (κ3) is 7.60. The molecular weight excluding hydrogens is 134 g/mol. The number of allylic oxidation sites excluding steroid dienone is 1. The van der Waals surface area contributed by atoms with Gasteiger partial charge < -0.3 is 5.73 Å². The van der Waals surface area contributed by atoms with Gasteiger partial charge in [0.25, 0.3) is 0 Å². The molecule has 0 aromatic rings. The quantitative estimate of drug-likeness (QED) is 0.444. The van der Waals surface area contributed by atoms with Crippen LogP contribution in [0.4, 0.5) is 0 Å². The van der Waals surface area contributed by atoms with Crippen molar-refractivity contribution in [3.05, 3.63) is 12.2 Å². The van der Waals surface area contributed by atoms with Gasteiger partial charge in [-0.2, -0.15) is 0 Å². The topological polar surface area (TPSA) is 26.0 Å². The van der Waals surface area contributed by atoms with Crippen molar-refractivity contribution >= 4 is 0 Å². The van der Waals surface area contributed by atoms with Crippen LogP contribution in [-0.2, 0) is 0 Å². The molecule has 0 unspecified atom stereocenters. The lowest BCUT2D eigenvalue weighted by Gasteiger charge is -2.02. The predicted octanol–water partition coefficient (Wildman–Crippen LogP) is 2.86. The molecule has 0 heterocycles. The van der Waals surface area contributed by atoms with Crippen LogP contribution in [0.2, 0.25) is 0 Å². The summed E-state index contributed by atoms with van der Waals surface area (Å²) in [6.45, 7) is 7.06. The average molecular weight is 155 g/mol. The molecule has 0 aromatic heterocycles. The smallest absolute Gasteiger partial charge is 0.00772 e. The minimum Gasteiger partial charge on any atom is -0.330 e. The molecular formula is C10H21N. The van der Waals surface area contributed by atoms with Gasteiger partial charge in [-0.05, 0) is 38.6 Å². The number of rotatable bonds is 7. The van der Waals surface area contributed by atoms with E-state index < -0.39 is 0 Å². The summed E-state index contributed by atoms with van der Waals surface area (Å²) in [4.78, 5) is 0. The second kappa shape index (κ2) is 7.80. The lowest BCUT2D eigenvalue weighted by Crippen LogP contribution is -1.97. The molecule has 0 saturated heterocycles. The summed E-state index contributed by atoms with van der Waals surface area (Å²) >= 11 is 0. The van der Waals surface area contributed by atoms with Crippen LogP contribution in [0.25, 0.3) is 0 Å². The Kier molecular flexibility index (Phi) is 7.59. The van der Waals surface area contributed by atoms with Crippen LogP contribution in [-0.4, -0.2) is 6.54 Å². The molecule has 0 saturated carbocycles. The van der Waals surface area contributed by atoms with Crippen LogP contribution in [0.15, 0.2) is 12.2 Å². The molecule has 0 atom stereocenters. The Hall–Kier alpha value is -0.300. The van der Waals surface area contributed by atoms with Crippen molar-refractivity contribution in [1.29, 1.82) is 0 Å². The zero-order valence-corrected chi connectivity index (χ0v) is 7.73. The van der Waals surface area contributed by atoms with Gasteiger partial charge in [0.1, 0.15) is 0 Å². The van der Waals surface area contributed by atoms with Gasteiger partial charge in [0.05, 0.1) is 0 Å². The Morgan fingerprint density at radius 2 is 1.82 bits per heavy atom. The van der Waals surface area contributed by atoms with E-state index in [1.807, 2.05) is 0 Å². The maximum Gasteiger partial charge on any atom is -0.00772 e. The average Bonchev–Trinajstić information content (AvgIpc) is 2.01. The Balaban J connectivity index is 3.09. The first kappa shape index (κ1) is 10.7. The number of hydrogen-bond acceptors (Lipinski definition) is 1. The van der Waals surface area contributed by atoms with Gasteiger partial charge in [0.2, 0.25) is 0 Å². The van der Waals surface area contributed by atoms with Crippen molar-refractivity contribution in [3.63, 3.8) is 0 Å². The summed E-state index contributed by atoms with van der Waals surface area (Å²) in [6, 6.07) is 0. The molecule has 0 amide bonds. The van der Waals surface area contributed by atoms with Crippen LogP contribution in [0.5, 0.6) is 0 Å².